The maximum atomic E-state index is 13.8. The van der Waals surface area contributed by atoms with E-state index >= 15 is 0 Å². The highest BCUT2D eigenvalue weighted by molar-refractivity contribution is 6.12. The molecule has 7 unspecified atom stereocenters. The molecule has 1 aliphatic heterocycles. The highest BCUT2D eigenvalue weighted by atomic mass is 16.2. The monoisotopic (exact) mass is 462 g/mol. The van der Waals surface area contributed by atoms with Crippen molar-refractivity contribution in [3.63, 3.8) is 0 Å². The van der Waals surface area contributed by atoms with Gasteiger partial charge in [-0.05, 0) is 47.1 Å². The van der Waals surface area contributed by atoms with Gasteiger partial charge in [-0.3, -0.25) is 19.3 Å². The van der Waals surface area contributed by atoms with Gasteiger partial charge in [-0.1, -0.05) is 78.9 Å². The lowest BCUT2D eigenvalue weighted by molar-refractivity contribution is -0.146. The molecule has 2 bridgehead atoms. The van der Waals surface area contributed by atoms with Gasteiger partial charge in [0.25, 0.3) is 0 Å². The highest BCUT2D eigenvalue weighted by Gasteiger charge is 2.67. The van der Waals surface area contributed by atoms with Crippen molar-refractivity contribution in [3.8, 4) is 0 Å². The molecule has 8 rings (SSSR count). The number of rotatable bonds is 5. The van der Waals surface area contributed by atoms with Gasteiger partial charge in [-0.2, -0.15) is 0 Å². The molecule has 3 aromatic rings. The van der Waals surface area contributed by atoms with Gasteiger partial charge < -0.3 is 5.32 Å². The molecule has 1 N–H and O–H groups in total. The molecule has 0 aromatic heterocycles. The minimum Gasteiger partial charge on any atom is -0.324 e. The van der Waals surface area contributed by atoms with Crippen LogP contribution >= 0.6 is 0 Å². The fraction of sp³-hybridized carbons (Fsp3) is 0.300. The lowest BCUT2D eigenvalue weighted by atomic mass is 9.63. The zero-order chi connectivity index (χ0) is 23.7. The van der Waals surface area contributed by atoms with Gasteiger partial charge in [0.05, 0.1) is 11.8 Å². The van der Waals surface area contributed by atoms with Crippen molar-refractivity contribution >= 4 is 34.2 Å². The van der Waals surface area contributed by atoms with Crippen molar-refractivity contribution in [1.82, 2.24) is 4.90 Å². The molecule has 174 valence electrons. The van der Waals surface area contributed by atoms with E-state index in [-0.39, 0.29) is 41.4 Å². The third-order valence-corrected chi connectivity index (χ3v) is 8.63. The van der Waals surface area contributed by atoms with Gasteiger partial charge in [-0.25, -0.2) is 0 Å². The topological polar surface area (TPSA) is 66.5 Å². The lowest BCUT2D eigenvalue weighted by Gasteiger charge is -2.37. The standard InChI is InChI=1S/C30H26N2O3/c33-28(31-24-12-6-10-18-9-4-5-11-19(18)24)25(15-17-7-2-1-3-8-17)32-29(34)26-20-13-14-21(23-16-22(20)23)27(26)30(32)35/h1-14,20-23,25-27H,15-16H2,(H,31,33). The molecule has 1 saturated heterocycles. The first kappa shape index (κ1) is 20.6. The summed E-state index contributed by atoms with van der Waals surface area (Å²) in [6.07, 6.45) is 5.74. The highest BCUT2D eigenvalue weighted by Crippen LogP contribution is 2.65. The molecule has 3 amide bonds. The van der Waals surface area contributed by atoms with Crippen LogP contribution in [0.25, 0.3) is 10.8 Å². The fourth-order valence-electron chi connectivity index (χ4n) is 6.98. The summed E-state index contributed by atoms with van der Waals surface area (Å²) in [5.41, 5.74) is 1.61. The van der Waals surface area contributed by atoms with Crippen molar-refractivity contribution in [2.75, 3.05) is 5.32 Å². The van der Waals surface area contributed by atoms with E-state index in [0.717, 1.165) is 22.8 Å². The van der Waals surface area contributed by atoms with Crippen molar-refractivity contribution in [2.24, 2.45) is 35.5 Å². The Morgan fingerprint density at radius 2 is 1.46 bits per heavy atom. The van der Waals surface area contributed by atoms with Crippen LogP contribution in [-0.4, -0.2) is 28.7 Å². The van der Waals surface area contributed by atoms with E-state index < -0.39 is 6.04 Å². The number of benzene rings is 3. The maximum Gasteiger partial charge on any atom is 0.248 e. The van der Waals surface area contributed by atoms with Gasteiger partial charge >= 0.3 is 0 Å². The Balaban J connectivity index is 1.25. The Bertz CT molecular complexity index is 1360. The van der Waals surface area contributed by atoms with Crippen molar-refractivity contribution in [2.45, 2.75) is 18.9 Å². The zero-order valence-corrected chi connectivity index (χ0v) is 19.2. The van der Waals surface area contributed by atoms with E-state index in [1.807, 2.05) is 72.8 Å². The number of allylic oxidation sites excluding steroid dienone is 2. The summed E-state index contributed by atoms with van der Waals surface area (Å²) in [5.74, 6) is 0.0353. The molecule has 0 radical (unpaired) electrons. The first-order valence-electron chi connectivity index (χ1n) is 12.5. The van der Waals surface area contributed by atoms with E-state index in [1.54, 1.807) is 0 Å². The summed E-state index contributed by atoms with van der Waals surface area (Å²) in [6.45, 7) is 0. The van der Waals surface area contributed by atoms with E-state index in [2.05, 4.69) is 17.5 Å². The predicted octanol–water partition coefficient (Wildman–Crippen LogP) is 4.44. The molecular weight excluding hydrogens is 436 g/mol. The van der Waals surface area contributed by atoms with Crippen LogP contribution in [0.3, 0.4) is 0 Å². The fourth-order valence-corrected chi connectivity index (χ4v) is 6.98. The second kappa shape index (κ2) is 7.64. The molecule has 3 fully saturated rings. The number of nitrogens with zero attached hydrogens (tertiary/aromatic N) is 1. The van der Waals surface area contributed by atoms with Crippen LogP contribution in [-0.2, 0) is 20.8 Å². The molecule has 2 saturated carbocycles. The first-order valence-corrected chi connectivity index (χ1v) is 12.5. The number of imide groups is 1. The number of hydrogen-bond donors (Lipinski definition) is 1. The maximum absolute atomic E-state index is 13.8. The molecule has 35 heavy (non-hydrogen) atoms. The molecule has 3 aromatic carbocycles. The smallest absolute Gasteiger partial charge is 0.248 e. The van der Waals surface area contributed by atoms with E-state index in [1.165, 1.54) is 4.90 Å². The summed E-state index contributed by atoms with van der Waals surface area (Å²) in [7, 11) is 0. The summed E-state index contributed by atoms with van der Waals surface area (Å²) < 4.78 is 0. The first-order chi connectivity index (χ1) is 17.1. The minimum atomic E-state index is -0.891. The molecule has 4 aliphatic carbocycles. The normalized spacial score (nSPS) is 30.8. The molecule has 5 aliphatic rings. The average molecular weight is 463 g/mol. The number of hydrogen-bond acceptors (Lipinski definition) is 3. The van der Waals surface area contributed by atoms with Crippen LogP contribution in [0.15, 0.2) is 84.9 Å². The molecule has 5 heteroatoms. The van der Waals surface area contributed by atoms with Crippen LogP contribution < -0.4 is 5.32 Å². The summed E-state index contributed by atoms with van der Waals surface area (Å²) in [6, 6.07) is 22.4. The molecule has 0 spiro atoms. The summed E-state index contributed by atoms with van der Waals surface area (Å²) >= 11 is 0. The van der Waals surface area contributed by atoms with Gasteiger partial charge in [0.15, 0.2) is 0 Å². The van der Waals surface area contributed by atoms with Crippen LogP contribution in [0.1, 0.15) is 12.0 Å². The number of anilines is 1. The Kier molecular flexibility index (Phi) is 4.50. The number of fused-ring (bicyclic) bond motifs is 1. The van der Waals surface area contributed by atoms with Crippen molar-refractivity contribution in [1.29, 1.82) is 0 Å². The number of likely N-dealkylation sites (tertiary alicyclic amines) is 1. The summed E-state index contributed by atoms with van der Waals surface area (Å²) in [5, 5.41) is 5.01. The van der Waals surface area contributed by atoms with Crippen LogP contribution in [0.5, 0.6) is 0 Å². The Labute approximate surface area is 203 Å². The number of nitrogens with one attached hydrogen (secondary N) is 1. The Morgan fingerprint density at radius 1 is 0.829 bits per heavy atom. The number of carbonyl (C=O) groups excluding carboxylic acids is 3. The third-order valence-electron chi connectivity index (χ3n) is 8.63. The van der Waals surface area contributed by atoms with Gasteiger partial charge in [0, 0.05) is 17.5 Å². The average Bonchev–Trinajstić information content (AvgIpc) is 3.67. The zero-order valence-electron chi connectivity index (χ0n) is 19.2. The second-order valence-electron chi connectivity index (χ2n) is 10.4. The van der Waals surface area contributed by atoms with Crippen LogP contribution in [0, 0.1) is 35.5 Å². The van der Waals surface area contributed by atoms with Crippen LogP contribution in [0.2, 0.25) is 0 Å². The van der Waals surface area contributed by atoms with Gasteiger partial charge in [0.2, 0.25) is 17.7 Å². The van der Waals surface area contributed by atoms with Crippen LogP contribution in [0.4, 0.5) is 5.69 Å². The van der Waals surface area contributed by atoms with E-state index in [0.29, 0.717) is 23.9 Å². The molecular formula is C30H26N2O3. The third kappa shape index (κ3) is 3.10. The predicted molar refractivity (Wildman–Crippen MR) is 133 cm³/mol. The molecule has 7 atom stereocenters. The number of amides is 3. The second-order valence-corrected chi connectivity index (χ2v) is 10.4. The lowest BCUT2D eigenvalue weighted by Crippen LogP contribution is -2.49. The Hall–Kier alpha value is -3.73. The van der Waals surface area contributed by atoms with Gasteiger partial charge in [0.1, 0.15) is 6.04 Å². The van der Waals surface area contributed by atoms with Gasteiger partial charge in [-0.15, -0.1) is 0 Å². The molecule has 1 heterocycles. The van der Waals surface area contributed by atoms with E-state index in [9.17, 15) is 14.4 Å². The minimum absolute atomic E-state index is 0.134. The van der Waals surface area contributed by atoms with Crippen molar-refractivity contribution < 1.29 is 14.4 Å². The summed E-state index contributed by atoms with van der Waals surface area (Å²) in [4.78, 5) is 42.7. The number of carbonyl (C=O) groups is 3. The Morgan fingerprint density at radius 3 is 2.17 bits per heavy atom. The largest absolute Gasteiger partial charge is 0.324 e. The quantitative estimate of drug-likeness (QED) is 0.450. The SMILES string of the molecule is O=C(Nc1cccc2ccccc12)C(Cc1ccccc1)N1C(=O)C2C3C=CC(C4CC34)C2C1=O. The molecule has 5 nitrogen and oxygen atoms in total. The van der Waals surface area contributed by atoms with Crippen molar-refractivity contribution in [3.05, 3.63) is 90.5 Å². The van der Waals surface area contributed by atoms with E-state index in [4.69, 9.17) is 0 Å².